The molecule has 0 radical (unpaired) electrons. The fourth-order valence-electron chi connectivity index (χ4n) is 2.96. The molecular formula is C22H21N3O5S. The van der Waals surface area contributed by atoms with E-state index in [0.29, 0.717) is 5.69 Å². The second kappa shape index (κ2) is 9.40. The Hall–Kier alpha value is -3.72. The first-order valence-corrected chi connectivity index (χ1v) is 11.0. The molecule has 0 atom stereocenters. The third-order valence-electron chi connectivity index (χ3n) is 4.59. The number of nitro groups is 1. The van der Waals surface area contributed by atoms with Crippen LogP contribution in [0.3, 0.4) is 0 Å². The molecule has 0 aliphatic carbocycles. The van der Waals surface area contributed by atoms with Gasteiger partial charge in [-0.25, -0.2) is 8.42 Å². The summed E-state index contributed by atoms with van der Waals surface area (Å²) in [5, 5.41) is 13.5. The first kappa shape index (κ1) is 22.0. The van der Waals surface area contributed by atoms with Crippen LogP contribution in [-0.4, -0.2) is 25.8 Å². The predicted octanol–water partition coefficient (Wildman–Crippen LogP) is 3.99. The van der Waals surface area contributed by atoms with Crippen LogP contribution in [0.1, 0.15) is 12.5 Å². The molecule has 0 aromatic heterocycles. The normalized spacial score (nSPS) is 11.0. The van der Waals surface area contributed by atoms with Gasteiger partial charge in [-0.3, -0.25) is 19.2 Å². The van der Waals surface area contributed by atoms with Crippen molar-refractivity contribution in [3.05, 3.63) is 94.5 Å². The van der Waals surface area contributed by atoms with Crippen LogP contribution in [-0.2, 0) is 21.2 Å². The highest BCUT2D eigenvalue weighted by molar-refractivity contribution is 7.92. The van der Waals surface area contributed by atoms with E-state index >= 15 is 0 Å². The smallest absolute Gasteiger partial charge is 0.271 e. The maximum atomic E-state index is 13.3. The molecule has 0 bridgehead atoms. The van der Waals surface area contributed by atoms with Gasteiger partial charge < -0.3 is 5.32 Å². The Bertz CT molecular complexity index is 1180. The zero-order valence-electron chi connectivity index (χ0n) is 16.8. The van der Waals surface area contributed by atoms with Crippen LogP contribution in [0.15, 0.2) is 83.8 Å². The van der Waals surface area contributed by atoms with E-state index in [-0.39, 0.29) is 16.3 Å². The van der Waals surface area contributed by atoms with Crippen molar-refractivity contribution in [1.29, 1.82) is 0 Å². The highest BCUT2D eigenvalue weighted by Gasteiger charge is 2.27. The van der Waals surface area contributed by atoms with Gasteiger partial charge >= 0.3 is 0 Å². The van der Waals surface area contributed by atoms with Crippen LogP contribution >= 0.6 is 0 Å². The molecule has 0 unspecified atom stereocenters. The maximum Gasteiger partial charge on any atom is 0.271 e. The lowest BCUT2D eigenvalue weighted by Gasteiger charge is -2.24. The first-order valence-electron chi connectivity index (χ1n) is 9.52. The third kappa shape index (κ3) is 5.26. The number of nitrogens with one attached hydrogen (secondary N) is 1. The molecule has 0 aliphatic rings. The van der Waals surface area contributed by atoms with E-state index < -0.39 is 27.4 Å². The number of nitro benzene ring substituents is 1. The molecule has 9 heteroatoms. The maximum absolute atomic E-state index is 13.3. The average molecular weight is 439 g/mol. The number of sulfonamides is 1. The molecule has 31 heavy (non-hydrogen) atoms. The second-order valence-electron chi connectivity index (χ2n) is 6.70. The minimum Gasteiger partial charge on any atom is -0.324 e. The van der Waals surface area contributed by atoms with Crippen molar-refractivity contribution < 1.29 is 18.1 Å². The van der Waals surface area contributed by atoms with Crippen LogP contribution in [0, 0.1) is 10.1 Å². The zero-order valence-corrected chi connectivity index (χ0v) is 17.6. The van der Waals surface area contributed by atoms with Gasteiger partial charge in [-0.05, 0) is 42.3 Å². The van der Waals surface area contributed by atoms with E-state index in [4.69, 9.17) is 0 Å². The lowest BCUT2D eigenvalue weighted by Crippen LogP contribution is -2.38. The van der Waals surface area contributed by atoms with Crippen LogP contribution in [0.5, 0.6) is 0 Å². The number of hydrogen-bond acceptors (Lipinski definition) is 5. The molecule has 0 aliphatic heterocycles. The van der Waals surface area contributed by atoms with Crippen molar-refractivity contribution in [3.63, 3.8) is 0 Å². The van der Waals surface area contributed by atoms with Gasteiger partial charge in [0.05, 0.1) is 15.5 Å². The molecule has 0 spiro atoms. The van der Waals surface area contributed by atoms with E-state index in [1.165, 1.54) is 36.4 Å². The summed E-state index contributed by atoms with van der Waals surface area (Å²) < 4.78 is 27.6. The lowest BCUT2D eigenvalue weighted by molar-refractivity contribution is -0.384. The number of hydrogen-bond donors (Lipinski definition) is 1. The Kier molecular flexibility index (Phi) is 6.66. The van der Waals surface area contributed by atoms with Crippen molar-refractivity contribution in [2.75, 3.05) is 16.2 Å². The summed E-state index contributed by atoms with van der Waals surface area (Å²) in [7, 11) is -4.02. The quantitative estimate of drug-likeness (QED) is 0.422. The number of amides is 1. The van der Waals surface area contributed by atoms with Crippen LogP contribution in [0.4, 0.5) is 17.1 Å². The molecule has 0 heterocycles. The minimum atomic E-state index is -4.02. The Morgan fingerprint density at radius 1 is 1.00 bits per heavy atom. The molecular weight excluding hydrogens is 418 g/mol. The number of nitrogens with zero attached hydrogens (tertiary/aromatic N) is 2. The molecule has 3 aromatic rings. The molecule has 0 saturated heterocycles. The van der Waals surface area contributed by atoms with Crippen LogP contribution in [0.25, 0.3) is 0 Å². The highest BCUT2D eigenvalue weighted by Crippen LogP contribution is 2.25. The van der Waals surface area contributed by atoms with Crippen molar-refractivity contribution in [1.82, 2.24) is 0 Å². The van der Waals surface area contributed by atoms with Gasteiger partial charge in [0.1, 0.15) is 6.54 Å². The molecule has 160 valence electrons. The monoisotopic (exact) mass is 439 g/mol. The number of anilines is 2. The van der Waals surface area contributed by atoms with Gasteiger partial charge in [0, 0.05) is 17.8 Å². The number of aryl methyl sites for hydroxylation is 1. The molecule has 3 aromatic carbocycles. The number of carbonyl (C=O) groups excluding carboxylic acids is 1. The Morgan fingerprint density at radius 3 is 2.29 bits per heavy atom. The van der Waals surface area contributed by atoms with E-state index in [9.17, 15) is 23.3 Å². The zero-order chi connectivity index (χ0) is 22.4. The predicted molar refractivity (Wildman–Crippen MR) is 119 cm³/mol. The van der Waals surface area contributed by atoms with Crippen molar-refractivity contribution in [3.8, 4) is 0 Å². The standard InChI is InChI=1S/C22H21N3O5S/c1-2-17-11-13-19(14-12-17)24(31(29,30)21-9-4-3-5-10-21)16-22(26)23-18-7-6-8-20(15-18)25(27)28/h3-15H,2,16H2,1H3,(H,23,26). The number of rotatable bonds is 8. The molecule has 1 N–H and O–H groups in total. The average Bonchev–Trinajstić information content (AvgIpc) is 2.78. The molecule has 8 nitrogen and oxygen atoms in total. The SMILES string of the molecule is CCc1ccc(N(CC(=O)Nc2cccc([N+](=O)[O-])c2)S(=O)(=O)c2ccccc2)cc1. The Labute approximate surface area is 180 Å². The van der Waals surface area contributed by atoms with Gasteiger partial charge in [0.15, 0.2) is 0 Å². The topological polar surface area (TPSA) is 110 Å². The summed E-state index contributed by atoms with van der Waals surface area (Å²) in [6, 6.07) is 20.2. The summed E-state index contributed by atoms with van der Waals surface area (Å²) in [4.78, 5) is 23.1. The van der Waals surface area contributed by atoms with Gasteiger partial charge in [-0.15, -0.1) is 0 Å². The largest absolute Gasteiger partial charge is 0.324 e. The summed E-state index contributed by atoms with van der Waals surface area (Å²) >= 11 is 0. The van der Waals surface area contributed by atoms with Crippen molar-refractivity contribution in [2.24, 2.45) is 0 Å². The lowest BCUT2D eigenvalue weighted by atomic mass is 10.1. The highest BCUT2D eigenvalue weighted by atomic mass is 32.2. The Morgan fingerprint density at radius 2 is 1.68 bits per heavy atom. The van der Waals surface area contributed by atoms with Crippen LogP contribution in [0.2, 0.25) is 0 Å². The van der Waals surface area contributed by atoms with Crippen LogP contribution < -0.4 is 9.62 Å². The molecule has 0 saturated carbocycles. The van der Waals surface area contributed by atoms with E-state index in [0.717, 1.165) is 16.3 Å². The third-order valence-corrected chi connectivity index (χ3v) is 6.38. The molecule has 1 amide bonds. The summed E-state index contributed by atoms with van der Waals surface area (Å²) in [5.74, 6) is -0.625. The minimum absolute atomic E-state index is 0.0534. The van der Waals surface area contributed by atoms with Gasteiger partial charge in [0.2, 0.25) is 5.91 Å². The van der Waals surface area contributed by atoms with E-state index in [1.54, 1.807) is 42.5 Å². The molecule has 0 fully saturated rings. The van der Waals surface area contributed by atoms with E-state index in [2.05, 4.69) is 5.32 Å². The van der Waals surface area contributed by atoms with Crippen molar-refractivity contribution >= 4 is 33.0 Å². The fourth-order valence-corrected chi connectivity index (χ4v) is 4.40. The van der Waals surface area contributed by atoms with Gasteiger partial charge in [0.25, 0.3) is 15.7 Å². The van der Waals surface area contributed by atoms with Crippen molar-refractivity contribution in [2.45, 2.75) is 18.2 Å². The summed E-state index contributed by atoms with van der Waals surface area (Å²) in [6.45, 7) is 1.49. The van der Waals surface area contributed by atoms with Gasteiger partial charge in [-0.2, -0.15) is 0 Å². The van der Waals surface area contributed by atoms with E-state index in [1.807, 2.05) is 6.92 Å². The Balaban J connectivity index is 1.92. The summed E-state index contributed by atoms with van der Waals surface area (Å²) in [6.07, 6.45) is 0.791. The summed E-state index contributed by atoms with van der Waals surface area (Å²) in [5.41, 5.74) is 1.40. The molecule has 3 rings (SSSR count). The number of non-ortho nitro benzene ring substituents is 1. The second-order valence-corrected chi connectivity index (χ2v) is 8.56. The van der Waals surface area contributed by atoms with Gasteiger partial charge in [-0.1, -0.05) is 43.3 Å². The number of carbonyl (C=O) groups is 1. The number of benzene rings is 3. The fraction of sp³-hybridized carbons (Fsp3) is 0.136. The first-order chi connectivity index (χ1) is 14.8.